The fourth-order valence-corrected chi connectivity index (χ4v) is 2.83. The number of rotatable bonds is 5. The molecular weight excluding hydrogens is 228 g/mol. The van der Waals surface area contributed by atoms with Crippen LogP contribution in [0, 0.1) is 11.3 Å². The zero-order valence-electron chi connectivity index (χ0n) is 10.3. The van der Waals surface area contributed by atoms with Crippen LogP contribution in [-0.4, -0.2) is 35.2 Å². The lowest BCUT2D eigenvalue weighted by Gasteiger charge is -2.47. The van der Waals surface area contributed by atoms with Gasteiger partial charge in [0.25, 0.3) is 0 Å². The lowest BCUT2D eigenvalue weighted by atomic mass is 9.59. The fourth-order valence-electron chi connectivity index (χ4n) is 1.91. The van der Waals surface area contributed by atoms with Crippen LogP contribution in [0.4, 0.5) is 0 Å². The highest BCUT2D eigenvalue weighted by Gasteiger charge is 2.43. The van der Waals surface area contributed by atoms with Gasteiger partial charge in [-0.25, -0.2) is 8.42 Å². The van der Waals surface area contributed by atoms with E-state index >= 15 is 0 Å². The van der Waals surface area contributed by atoms with Crippen molar-refractivity contribution in [1.29, 1.82) is 0 Å². The van der Waals surface area contributed by atoms with Crippen molar-refractivity contribution in [3.8, 4) is 0 Å². The number of sulfone groups is 1. The fraction of sp³-hybridized carbons (Fsp3) is 0.818. The topological polar surface area (TPSA) is 52.6 Å². The summed E-state index contributed by atoms with van der Waals surface area (Å²) in [5, 5.41) is 1.39. The van der Waals surface area contributed by atoms with Crippen LogP contribution in [0.25, 0.3) is 0 Å². The lowest BCUT2D eigenvalue weighted by molar-refractivity contribution is -0.0659. The van der Waals surface area contributed by atoms with Crippen molar-refractivity contribution in [1.82, 2.24) is 0 Å². The summed E-state index contributed by atoms with van der Waals surface area (Å²) in [6.45, 7) is 5.00. The van der Waals surface area contributed by atoms with Gasteiger partial charge in [-0.3, -0.25) is 0 Å². The maximum atomic E-state index is 11.2. The maximum absolute atomic E-state index is 11.2. The zero-order chi connectivity index (χ0) is 12.4. The van der Waals surface area contributed by atoms with Crippen molar-refractivity contribution >= 4 is 9.84 Å². The Hall–Kier alpha value is -0.390. The first kappa shape index (κ1) is 13.7. The Balaban J connectivity index is 2.57. The SMILES string of the molecule is COCOCC1CC(=CS(C)(=O)=O)C1(C)C. The van der Waals surface area contributed by atoms with Crippen LogP contribution >= 0.6 is 0 Å². The minimum Gasteiger partial charge on any atom is -0.359 e. The summed E-state index contributed by atoms with van der Waals surface area (Å²) in [4.78, 5) is 0. The van der Waals surface area contributed by atoms with Gasteiger partial charge in [0.05, 0.1) is 6.61 Å². The first-order valence-electron chi connectivity index (χ1n) is 5.25. The quantitative estimate of drug-likeness (QED) is 0.547. The average molecular weight is 248 g/mol. The van der Waals surface area contributed by atoms with E-state index in [1.807, 2.05) is 13.8 Å². The molecule has 1 rings (SSSR count). The molecule has 4 nitrogen and oxygen atoms in total. The Morgan fingerprint density at radius 2 is 2.12 bits per heavy atom. The van der Waals surface area contributed by atoms with Gasteiger partial charge in [-0.2, -0.15) is 0 Å². The molecular formula is C11H20O4S. The van der Waals surface area contributed by atoms with Crippen molar-refractivity contribution < 1.29 is 17.9 Å². The van der Waals surface area contributed by atoms with E-state index in [1.54, 1.807) is 7.11 Å². The summed E-state index contributed by atoms with van der Waals surface area (Å²) < 4.78 is 32.4. The Morgan fingerprint density at radius 3 is 2.56 bits per heavy atom. The lowest BCUT2D eigenvalue weighted by Crippen LogP contribution is -2.41. The van der Waals surface area contributed by atoms with E-state index in [4.69, 9.17) is 9.47 Å². The summed E-state index contributed by atoms with van der Waals surface area (Å²) in [5.41, 5.74) is 0.901. The molecule has 0 saturated heterocycles. The van der Waals surface area contributed by atoms with Gasteiger partial charge in [-0.15, -0.1) is 0 Å². The van der Waals surface area contributed by atoms with E-state index in [-0.39, 0.29) is 12.2 Å². The minimum atomic E-state index is -3.03. The van der Waals surface area contributed by atoms with Gasteiger partial charge in [0.1, 0.15) is 6.79 Å². The largest absolute Gasteiger partial charge is 0.359 e. The second kappa shape index (κ2) is 4.85. The summed E-state index contributed by atoms with van der Waals surface area (Å²) >= 11 is 0. The molecule has 0 heterocycles. The minimum absolute atomic E-state index is 0.0865. The van der Waals surface area contributed by atoms with E-state index < -0.39 is 9.84 Å². The van der Waals surface area contributed by atoms with Crippen molar-refractivity contribution in [2.75, 3.05) is 26.8 Å². The number of hydrogen-bond acceptors (Lipinski definition) is 4. The molecule has 5 heteroatoms. The van der Waals surface area contributed by atoms with Crippen molar-refractivity contribution in [3.63, 3.8) is 0 Å². The maximum Gasteiger partial charge on any atom is 0.168 e. The van der Waals surface area contributed by atoms with Gasteiger partial charge in [0, 0.05) is 18.8 Å². The molecule has 1 saturated carbocycles. The van der Waals surface area contributed by atoms with Crippen LogP contribution < -0.4 is 0 Å². The smallest absolute Gasteiger partial charge is 0.168 e. The van der Waals surface area contributed by atoms with E-state index in [1.165, 1.54) is 11.7 Å². The molecule has 1 fully saturated rings. The first-order valence-corrected chi connectivity index (χ1v) is 7.20. The number of hydrogen-bond donors (Lipinski definition) is 0. The van der Waals surface area contributed by atoms with Crippen LogP contribution in [0.15, 0.2) is 11.0 Å². The van der Waals surface area contributed by atoms with Crippen LogP contribution in [0.2, 0.25) is 0 Å². The standard InChI is InChI=1S/C11H20O4S/c1-11(2)9(6-15-8-14-3)5-10(11)7-16(4,12)13/h7,9H,5-6,8H2,1-4H3. The van der Waals surface area contributed by atoms with Gasteiger partial charge >= 0.3 is 0 Å². The Bertz CT molecular complexity index is 367. The number of allylic oxidation sites excluding steroid dienone is 1. The summed E-state index contributed by atoms with van der Waals surface area (Å²) in [6.07, 6.45) is 2.02. The van der Waals surface area contributed by atoms with Gasteiger partial charge < -0.3 is 9.47 Å². The van der Waals surface area contributed by atoms with Gasteiger partial charge in [0.2, 0.25) is 0 Å². The third kappa shape index (κ3) is 3.30. The molecule has 0 N–H and O–H groups in total. The van der Waals surface area contributed by atoms with Gasteiger partial charge in [0.15, 0.2) is 9.84 Å². The molecule has 0 aliphatic heterocycles. The molecule has 94 valence electrons. The molecule has 0 aromatic rings. The van der Waals surface area contributed by atoms with Crippen LogP contribution in [0.1, 0.15) is 20.3 Å². The molecule has 0 spiro atoms. The summed E-state index contributed by atoms with van der Waals surface area (Å²) in [6, 6.07) is 0. The van der Waals surface area contributed by atoms with Crippen LogP contribution in [0.3, 0.4) is 0 Å². The predicted octanol–water partition coefficient (Wildman–Crippen LogP) is 1.58. The van der Waals surface area contributed by atoms with Crippen LogP contribution in [0.5, 0.6) is 0 Å². The molecule has 16 heavy (non-hydrogen) atoms. The highest BCUT2D eigenvalue weighted by atomic mass is 32.2. The van der Waals surface area contributed by atoms with Crippen molar-refractivity contribution in [3.05, 3.63) is 11.0 Å². The molecule has 1 aliphatic rings. The molecule has 1 unspecified atom stereocenters. The van der Waals surface area contributed by atoms with Crippen LogP contribution in [-0.2, 0) is 19.3 Å². The third-order valence-electron chi connectivity index (χ3n) is 3.19. The van der Waals surface area contributed by atoms with E-state index in [9.17, 15) is 8.42 Å². The molecule has 0 amide bonds. The normalized spacial score (nSPS) is 26.8. The Morgan fingerprint density at radius 1 is 1.50 bits per heavy atom. The Labute approximate surface area is 97.5 Å². The number of methoxy groups -OCH3 is 1. The predicted molar refractivity (Wildman–Crippen MR) is 62.6 cm³/mol. The van der Waals surface area contributed by atoms with E-state index in [0.717, 1.165) is 12.0 Å². The molecule has 0 aromatic carbocycles. The first-order chi connectivity index (χ1) is 7.27. The highest BCUT2D eigenvalue weighted by molar-refractivity contribution is 7.93. The summed E-state index contributed by atoms with van der Waals surface area (Å²) in [5.74, 6) is 0.371. The number of ether oxygens (including phenoxy) is 2. The van der Waals surface area contributed by atoms with Gasteiger partial charge in [-0.05, 0) is 17.8 Å². The van der Waals surface area contributed by atoms with Crippen molar-refractivity contribution in [2.45, 2.75) is 20.3 Å². The van der Waals surface area contributed by atoms with E-state index in [2.05, 4.69) is 0 Å². The zero-order valence-corrected chi connectivity index (χ0v) is 11.1. The summed E-state index contributed by atoms with van der Waals surface area (Å²) in [7, 11) is -1.45. The second-order valence-electron chi connectivity index (χ2n) is 4.87. The third-order valence-corrected chi connectivity index (χ3v) is 3.90. The monoisotopic (exact) mass is 248 g/mol. The average Bonchev–Trinajstić information content (AvgIpc) is 2.14. The molecule has 0 radical (unpaired) electrons. The Kier molecular flexibility index (Phi) is 4.15. The highest BCUT2D eigenvalue weighted by Crippen LogP contribution is 2.51. The van der Waals surface area contributed by atoms with Gasteiger partial charge in [-0.1, -0.05) is 19.4 Å². The van der Waals surface area contributed by atoms with E-state index in [0.29, 0.717) is 12.5 Å². The molecule has 0 bridgehead atoms. The molecule has 1 atom stereocenters. The molecule has 1 aliphatic carbocycles. The molecule has 0 aromatic heterocycles. The van der Waals surface area contributed by atoms with Crippen molar-refractivity contribution in [2.24, 2.45) is 11.3 Å². The second-order valence-corrected chi connectivity index (χ2v) is 6.77.